The van der Waals surface area contributed by atoms with Crippen molar-refractivity contribution in [3.05, 3.63) is 30.3 Å². The number of benzene rings is 1. The van der Waals surface area contributed by atoms with Gasteiger partial charge in [0.05, 0.1) is 25.2 Å². The maximum Gasteiger partial charge on any atom is 1.00 e. The van der Waals surface area contributed by atoms with Crippen LogP contribution < -0.4 is 49.5 Å². The van der Waals surface area contributed by atoms with Gasteiger partial charge in [0, 0.05) is 5.69 Å². The summed E-state index contributed by atoms with van der Waals surface area (Å²) in [4.78, 5) is 7.84. The van der Waals surface area contributed by atoms with Crippen LogP contribution in [0.15, 0.2) is 35.2 Å². The van der Waals surface area contributed by atoms with Gasteiger partial charge in [0.2, 0.25) is 17.7 Å². The molecule has 1 heterocycles. The Morgan fingerprint density at radius 2 is 1.55 bits per heavy atom. The van der Waals surface area contributed by atoms with Gasteiger partial charge < -0.3 is 15.2 Å². The molecule has 0 spiro atoms. The number of hydrogen-bond donors (Lipinski definition) is 2. The zero-order valence-corrected chi connectivity index (χ0v) is 15.2. The second-order valence-electron chi connectivity index (χ2n) is 3.95. The molecule has 22 heavy (non-hydrogen) atoms. The van der Waals surface area contributed by atoms with Crippen LogP contribution in [0.3, 0.4) is 0 Å². The maximum atomic E-state index is 12.2. The second-order valence-corrected chi connectivity index (χ2v) is 5.63. The maximum absolute atomic E-state index is 12.2. The van der Waals surface area contributed by atoms with Crippen molar-refractivity contribution in [1.82, 2.24) is 9.97 Å². The SMILES string of the molecule is COc1cc(OC)nc(NS(=O)(=O)c2ccc(N)cc2)n1.[Na+]. The molecule has 0 radical (unpaired) electrons. The fraction of sp³-hybridized carbons (Fsp3) is 0.167. The Kier molecular flexibility index (Phi) is 6.42. The number of nitrogens with two attached hydrogens (primary N) is 1. The summed E-state index contributed by atoms with van der Waals surface area (Å²) in [6.45, 7) is 0. The summed E-state index contributed by atoms with van der Waals surface area (Å²) < 4.78 is 36.6. The molecular formula is C12H14N4NaO4S+. The summed E-state index contributed by atoms with van der Waals surface area (Å²) in [5.41, 5.74) is 5.99. The Balaban J connectivity index is 0.00000242. The minimum atomic E-state index is -3.82. The van der Waals surface area contributed by atoms with Crippen molar-refractivity contribution < 1.29 is 47.4 Å². The Bertz CT molecular complexity index is 715. The number of nitrogens with one attached hydrogen (secondary N) is 1. The molecule has 0 aliphatic rings. The Labute approximate surface area is 150 Å². The molecule has 0 saturated heterocycles. The van der Waals surface area contributed by atoms with Gasteiger partial charge in [-0.15, -0.1) is 0 Å². The van der Waals surface area contributed by atoms with Gasteiger partial charge in [-0.1, -0.05) is 0 Å². The van der Waals surface area contributed by atoms with Crippen LogP contribution in [0.2, 0.25) is 0 Å². The molecule has 0 aliphatic heterocycles. The molecule has 0 atom stereocenters. The molecule has 3 N–H and O–H groups in total. The molecule has 0 fully saturated rings. The molecule has 2 rings (SSSR count). The van der Waals surface area contributed by atoms with Crippen LogP contribution in [-0.4, -0.2) is 32.6 Å². The van der Waals surface area contributed by atoms with Gasteiger partial charge >= 0.3 is 29.6 Å². The van der Waals surface area contributed by atoms with E-state index in [0.29, 0.717) is 5.69 Å². The third-order valence-electron chi connectivity index (χ3n) is 2.51. The van der Waals surface area contributed by atoms with Crippen LogP contribution in [0.25, 0.3) is 0 Å². The molecule has 0 amide bonds. The minimum absolute atomic E-state index is 0. The molecule has 0 unspecified atom stereocenters. The van der Waals surface area contributed by atoms with Crippen molar-refractivity contribution in [3.63, 3.8) is 0 Å². The van der Waals surface area contributed by atoms with E-state index in [9.17, 15) is 8.42 Å². The quantitative estimate of drug-likeness (QED) is 0.475. The molecule has 0 saturated carbocycles. The molecular weight excluding hydrogens is 319 g/mol. The molecule has 0 bridgehead atoms. The number of sulfonamides is 1. The monoisotopic (exact) mass is 333 g/mol. The summed E-state index contributed by atoms with van der Waals surface area (Å²) in [6.07, 6.45) is 0. The zero-order valence-electron chi connectivity index (χ0n) is 12.4. The zero-order chi connectivity index (χ0) is 15.5. The van der Waals surface area contributed by atoms with Crippen LogP contribution in [0, 0.1) is 0 Å². The van der Waals surface area contributed by atoms with E-state index in [4.69, 9.17) is 15.2 Å². The van der Waals surface area contributed by atoms with Gasteiger partial charge in [-0.25, -0.2) is 13.1 Å². The molecule has 1 aromatic carbocycles. The van der Waals surface area contributed by atoms with Gasteiger partial charge in [-0.05, 0) is 24.3 Å². The van der Waals surface area contributed by atoms with Crippen molar-refractivity contribution in [1.29, 1.82) is 0 Å². The average molecular weight is 333 g/mol. The first kappa shape index (κ1) is 18.5. The van der Waals surface area contributed by atoms with Crippen LogP contribution in [0.1, 0.15) is 0 Å². The van der Waals surface area contributed by atoms with Gasteiger partial charge in [0.15, 0.2) is 0 Å². The van der Waals surface area contributed by atoms with Gasteiger partial charge in [-0.3, -0.25) is 0 Å². The first-order valence-corrected chi connectivity index (χ1v) is 7.28. The smallest absolute Gasteiger partial charge is 0.481 e. The average Bonchev–Trinajstić information content (AvgIpc) is 2.46. The molecule has 2 aromatic rings. The number of hydrogen-bond acceptors (Lipinski definition) is 7. The van der Waals surface area contributed by atoms with Crippen LogP contribution in [0.4, 0.5) is 11.6 Å². The van der Waals surface area contributed by atoms with Gasteiger partial charge in [0.1, 0.15) is 0 Å². The van der Waals surface area contributed by atoms with E-state index in [2.05, 4.69) is 14.7 Å². The Morgan fingerprint density at radius 1 is 1.05 bits per heavy atom. The number of rotatable bonds is 5. The Morgan fingerprint density at radius 3 is 2.00 bits per heavy atom. The largest absolute Gasteiger partial charge is 1.00 e. The second kappa shape index (κ2) is 7.63. The number of nitrogens with zero attached hydrogens (tertiary/aromatic N) is 2. The molecule has 112 valence electrons. The first-order valence-electron chi connectivity index (χ1n) is 5.80. The number of aromatic nitrogens is 2. The fourth-order valence-corrected chi connectivity index (χ4v) is 2.43. The number of methoxy groups -OCH3 is 2. The van der Waals surface area contributed by atoms with Gasteiger partial charge in [-0.2, -0.15) is 9.97 Å². The van der Waals surface area contributed by atoms with Crippen LogP contribution in [0.5, 0.6) is 11.8 Å². The van der Waals surface area contributed by atoms with Crippen molar-refractivity contribution in [3.8, 4) is 11.8 Å². The van der Waals surface area contributed by atoms with E-state index in [1.165, 1.54) is 44.6 Å². The summed E-state index contributed by atoms with van der Waals surface area (Å²) in [7, 11) is -1.02. The van der Waals surface area contributed by atoms with E-state index in [1.807, 2.05) is 0 Å². The predicted octanol–water partition coefficient (Wildman–Crippen LogP) is -2.12. The van der Waals surface area contributed by atoms with Crippen molar-refractivity contribution in [2.45, 2.75) is 4.90 Å². The topological polar surface area (TPSA) is 116 Å². The van der Waals surface area contributed by atoms with E-state index >= 15 is 0 Å². The van der Waals surface area contributed by atoms with E-state index in [-0.39, 0.29) is 52.2 Å². The summed E-state index contributed by atoms with van der Waals surface area (Å²) in [5.74, 6) is 0.205. The summed E-state index contributed by atoms with van der Waals surface area (Å²) in [5, 5.41) is 0. The third kappa shape index (κ3) is 4.47. The van der Waals surface area contributed by atoms with Crippen molar-refractivity contribution in [2.24, 2.45) is 0 Å². The predicted molar refractivity (Wildman–Crippen MR) is 76.8 cm³/mol. The Hall–Kier alpha value is -1.55. The number of ether oxygens (including phenoxy) is 2. The van der Waals surface area contributed by atoms with Crippen molar-refractivity contribution in [2.75, 3.05) is 24.7 Å². The minimum Gasteiger partial charge on any atom is -0.481 e. The number of nitrogen functional groups attached to an aromatic ring is 1. The standard InChI is InChI=1S/C12H14N4O4S.Na/c1-19-10-7-11(20-2)15-12(14-10)16-21(17,18)9-5-3-8(13)4-6-9;/h3-7H,13H2,1-2H3,(H,14,15,16);/q;+1. The molecule has 0 aliphatic carbocycles. The summed E-state index contributed by atoms with van der Waals surface area (Å²) >= 11 is 0. The number of anilines is 2. The summed E-state index contributed by atoms with van der Waals surface area (Å²) in [6, 6.07) is 7.17. The third-order valence-corrected chi connectivity index (χ3v) is 3.86. The fourth-order valence-electron chi connectivity index (χ4n) is 1.48. The molecule has 1 aromatic heterocycles. The van der Waals surface area contributed by atoms with Crippen molar-refractivity contribution >= 4 is 21.7 Å². The van der Waals surface area contributed by atoms with E-state index in [0.717, 1.165) is 0 Å². The van der Waals surface area contributed by atoms with Crippen LogP contribution >= 0.6 is 0 Å². The molecule has 10 heteroatoms. The molecule has 8 nitrogen and oxygen atoms in total. The van der Waals surface area contributed by atoms with E-state index < -0.39 is 10.0 Å². The normalized spacial score (nSPS) is 10.5. The first-order chi connectivity index (χ1) is 9.94. The van der Waals surface area contributed by atoms with Crippen LogP contribution in [-0.2, 0) is 10.0 Å². The van der Waals surface area contributed by atoms with Gasteiger partial charge in [0.25, 0.3) is 10.0 Å². The van der Waals surface area contributed by atoms with E-state index in [1.54, 1.807) is 0 Å².